The number of hydrogen-bond acceptors (Lipinski definition) is 10. The number of aliphatic hydroxyl groups is 1. The molecule has 2 atom stereocenters. The van der Waals surface area contributed by atoms with Crippen LogP contribution in [-0.4, -0.2) is 68.7 Å². The molecule has 4 rings (SSSR count). The van der Waals surface area contributed by atoms with Gasteiger partial charge in [0.15, 0.2) is 9.92 Å². The van der Waals surface area contributed by atoms with E-state index in [1.807, 2.05) is 13.0 Å². The van der Waals surface area contributed by atoms with Gasteiger partial charge < -0.3 is 25.6 Å². The average Bonchev–Trinajstić information content (AvgIpc) is 3.31. The Bertz CT molecular complexity index is 1120. The number of anilines is 1. The van der Waals surface area contributed by atoms with Crippen LogP contribution in [0.2, 0.25) is 0 Å². The van der Waals surface area contributed by atoms with Crippen LogP contribution in [0.5, 0.6) is 0 Å². The monoisotopic (exact) mass is 476 g/mol. The van der Waals surface area contributed by atoms with E-state index in [0.29, 0.717) is 46.5 Å². The van der Waals surface area contributed by atoms with Gasteiger partial charge in [0.2, 0.25) is 11.0 Å². The molecule has 1 aliphatic heterocycles. The lowest BCUT2D eigenvalue weighted by molar-refractivity contribution is -0.128. The van der Waals surface area contributed by atoms with E-state index in [1.54, 1.807) is 17.0 Å². The molecule has 4 N–H and O–H groups in total. The number of aryl methyl sites for hydroxylation is 1. The van der Waals surface area contributed by atoms with E-state index in [1.165, 1.54) is 23.1 Å². The second-order valence-electron chi connectivity index (χ2n) is 7.65. The molecule has 2 unspecified atom stereocenters. The van der Waals surface area contributed by atoms with Crippen molar-refractivity contribution in [1.82, 2.24) is 25.6 Å². The Kier molecular flexibility index (Phi) is 6.92. The SMILES string of the molecule is Cc1noc2cc(C(=O)NC3CCN(C(=O)CSc4nnc(N)s4)CCC3CO)ccc12. The smallest absolute Gasteiger partial charge is 0.251 e. The summed E-state index contributed by atoms with van der Waals surface area (Å²) in [7, 11) is 0. The number of thioether (sulfide) groups is 1. The number of nitrogens with two attached hydrogens (primary N) is 1. The standard InChI is InChI=1S/C20H24N6O4S2/c1-11-14-3-2-12(8-16(14)30-25-11)18(29)22-15-5-7-26(6-4-13(15)9-27)17(28)10-31-20-24-23-19(21)32-20/h2-3,8,13,15,27H,4-7,9-10H2,1H3,(H2,21,23)(H,22,29). The van der Waals surface area contributed by atoms with Gasteiger partial charge in [-0.15, -0.1) is 10.2 Å². The lowest BCUT2D eigenvalue weighted by Gasteiger charge is -2.24. The van der Waals surface area contributed by atoms with Crippen LogP contribution in [0.3, 0.4) is 0 Å². The van der Waals surface area contributed by atoms with Crippen LogP contribution < -0.4 is 11.1 Å². The molecule has 1 aliphatic rings. The van der Waals surface area contributed by atoms with E-state index in [-0.39, 0.29) is 36.1 Å². The number of carbonyl (C=O) groups excluding carboxylic acids is 2. The van der Waals surface area contributed by atoms with Crippen molar-refractivity contribution in [2.24, 2.45) is 5.92 Å². The van der Waals surface area contributed by atoms with Crippen LogP contribution in [0, 0.1) is 12.8 Å². The number of amides is 2. The molecular formula is C20H24N6O4S2. The van der Waals surface area contributed by atoms with Crippen LogP contribution >= 0.6 is 23.1 Å². The summed E-state index contributed by atoms with van der Waals surface area (Å²) in [4.78, 5) is 27.3. The fourth-order valence-electron chi connectivity index (χ4n) is 3.77. The molecule has 2 aromatic heterocycles. The summed E-state index contributed by atoms with van der Waals surface area (Å²) in [6, 6.07) is 4.98. The Labute approximate surface area is 192 Å². The molecular weight excluding hydrogens is 452 g/mol. The number of aliphatic hydroxyl groups excluding tert-OH is 1. The van der Waals surface area contributed by atoms with Crippen molar-refractivity contribution in [3.63, 3.8) is 0 Å². The Morgan fingerprint density at radius 3 is 2.91 bits per heavy atom. The zero-order valence-corrected chi connectivity index (χ0v) is 19.1. The van der Waals surface area contributed by atoms with Crippen molar-refractivity contribution >= 4 is 51.0 Å². The van der Waals surface area contributed by atoms with Crippen molar-refractivity contribution in [2.75, 3.05) is 31.2 Å². The second-order valence-corrected chi connectivity index (χ2v) is 9.89. The fourth-order valence-corrected chi connectivity index (χ4v) is 5.31. The number of hydrogen-bond donors (Lipinski definition) is 3. The van der Waals surface area contributed by atoms with E-state index < -0.39 is 0 Å². The van der Waals surface area contributed by atoms with E-state index in [9.17, 15) is 14.7 Å². The molecule has 1 saturated heterocycles. The zero-order valence-electron chi connectivity index (χ0n) is 17.5. The molecule has 0 bridgehead atoms. The number of likely N-dealkylation sites (tertiary alicyclic amines) is 1. The topological polar surface area (TPSA) is 147 Å². The molecule has 10 nitrogen and oxygen atoms in total. The van der Waals surface area contributed by atoms with Gasteiger partial charge in [0.1, 0.15) is 0 Å². The third-order valence-corrected chi connectivity index (χ3v) is 7.48. The summed E-state index contributed by atoms with van der Waals surface area (Å²) < 4.78 is 5.91. The maximum Gasteiger partial charge on any atom is 0.251 e. The summed E-state index contributed by atoms with van der Waals surface area (Å²) >= 11 is 2.56. The summed E-state index contributed by atoms with van der Waals surface area (Å²) in [6.07, 6.45) is 1.16. The zero-order chi connectivity index (χ0) is 22.7. The van der Waals surface area contributed by atoms with Crippen molar-refractivity contribution < 1.29 is 19.2 Å². The van der Waals surface area contributed by atoms with Crippen LogP contribution in [0.15, 0.2) is 27.1 Å². The lowest BCUT2D eigenvalue weighted by Crippen LogP contribution is -2.42. The predicted octanol–water partition coefficient (Wildman–Crippen LogP) is 1.69. The highest BCUT2D eigenvalue weighted by atomic mass is 32.2. The number of benzene rings is 1. The highest BCUT2D eigenvalue weighted by molar-refractivity contribution is 8.01. The summed E-state index contributed by atoms with van der Waals surface area (Å²) in [5.41, 5.74) is 7.37. The van der Waals surface area contributed by atoms with E-state index in [2.05, 4.69) is 20.7 Å². The number of aromatic nitrogens is 3. The molecule has 3 heterocycles. The first-order valence-corrected chi connectivity index (χ1v) is 12.0. The number of nitrogens with one attached hydrogen (secondary N) is 1. The Morgan fingerprint density at radius 2 is 2.16 bits per heavy atom. The molecule has 3 aromatic rings. The van der Waals surface area contributed by atoms with Gasteiger partial charge in [-0.1, -0.05) is 28.3 Å². The minimum absolute atomic E-state index is 0.0152. The number of fused-ring (bicyclic) bond motifs is 1. The van der Waals surface area contributed by atoms with Crippen molar-refractivity contribution in [3.8, 4) is 0 Å². The molecule has 12 heteroatoms. The van der Waals surface area contributed by atoms with Gasteiger partial charge >= 0.3 is 0 Å². The van der Waals surface area contributed by atoms with Crippen LogP contribution in [0.1, 0.15) is 28.9 Å². The van der Waals surface area contributed by atoms with Gasteiger partial charge in [-0.3, -0.25) is 9.59 Å². The summed E-state index contributed by atoms with van der Waals surface area (Å²) in [5.74, 6) is -0.151. The number of carbonyl (C=O) groups is 2. The predicted molar refractivity (Wildman–Crippen MR) is 121 cm³/mol. The van der Waals surface area contributed by atoms with Crippen LogP contribution in [0.25, 0.3) is 11.0 Å². The Hall–Kier alpha value is -2.70. The van der Waals surface area contributed by atoms with Gasteiger partial charge in [0.25, 0.3) is 5.91 Å². The first-order valence-electron chi connectivity index (χ1n) is 10.2. The van der Waals surface area contributed by atoms with Crippen LogP contribution in [0.4, 0.5) is 5.13 Å². The maximum absolute atomic E-state index is 12.9. The van der Waals surface area contributed by atoms with E-state index in [0.717, 1.165) is 11.1 Å². The quantitative estimate of drug-likeness (QED) is 0.452. The third-order valence-electron chi connectivity index (χ3n) is 5.61. The number of nitrogens with zero attached hydrogens (tertiary/aromatic N) is 4. The first kappa shape index (κ1) is 22.5. The van der Waals surface area contributed by atoms with E-state index in [4.69, 9.17) is 10.3 Å². The summed E-state index contributed by atoms with van der Waals surface area (Å²) in [6.45, 7) is 2.81. The summed E-state index contributed by atoms with van der Waals surface area (Å²) in [5, 5.41) is 25.7. The highest BCUT2D eigenvalue weighted by Crippen LogP contribution is 2.25. The molecule has 0 radical (unpaired) electrons. The molecule has 0 aliphatic carbocycles. The lowest BCUT2D eigenvalue weighted by atomic mass is 9.95. The number of rotatable bonds is 6. The highest BCUT2D eigenvalue weighted by Gasteiger charge is 2.29. The first-order chi connectivity index (χ1) is 15.4. The third kappa shape index (κ3) is 5.03. The van der Waals surface area contributed by atoms with Gasteiger partial charge in [-0.25, -0.2) is 0 Å². The molecule has 2 amide bonds. The fraction of sp³-hybridized carbons (Fsp3) is 0.450. The van der Waals surface area contributed by atoms with E-state index >= 15 is 0 Å². The number of nitrogen functional groups attached to an aromatic ring is 1. The molecule has 170 valence electrons. The van der Waals surface area contributed by atoms with Crippen molar-refractivity contribution in [3.05, 3.63) is 29.5 Å². The average molecular weight is 477 g/mol. The molecule has 32 heavy (non-hydrogen) atoms. The largest absolute Gasteiger partial charge is 0.396 e. The minimum atomic E-state index is -0.243. The van der Waals surface area contributed by atoms with Crippen molar-refractivity contribution in [2.45, 2.75) is 30.1 Å². The molecule has 0 spiro atoms. The normalized spacial score (nSPS) is 19.1. The van der Waals surface area contributed by atoms with Gasteiger partial charge in [0, 0.05) is 42.6 Å². The Morgan fingerprint density at radius 1 is 1.34 bits per heavy atom. The van der Waals surface area contributed by atoms with Gasteiger partial charge in [0.05, 0.1) is 11.4 Å². The van der Waals surface area contributed by atoms with Crippen LogP contribution in [-0.2, 0) is 4.79 Å². The minimum Gasteiger partial charge on any atom is -0.396 e. The maximum atomic E-state index is 12.9. The van der Waals surface area contributed by atoms with Gasteiger partial charge in [-0.05, 0) is 38.0 Å². The van der Waals surface area contributed by atoms with Gasteiger partial charge in [-0.2, -0.15) is 0 Å². The van der Waals surface area contributed by atoms with Crippen molar-refractivity contribution in [1.29, 1.82) is 0 Å². The Balaban J connectivity index is 1.37. The molecule has 1 fully saturated rings. The second kappa shape index (κ2) is 9.84. The molecule has 1 aromatic carbocycles. The molecule has 0 saturated carbocycles.